The number of hydrogen-bond donors (Lipinski definition) is 2. The normalized spacial score (nSPS) is 11.8. The van der Waals surface area contributed by atoms with Gasteiger partial charge in [0.15, 0.2) is 0 Å². The summed E-state index contributed by atoms with van der Waals surface area (Å²) in [6.45, 7) is 1.69. The van der Waals surface area contributed by atoms with E-state index in [-0.39, 0.29) is 17.1 Å². The van der Waals surface area contributed by atoms with Crippen LogP contribution in [0.2, 0.25) is 5.02 Å². The predicted molar refractivity (Wildman–Crippen MR) is 78.9 cm³/mol. The molecular weight excluding hydrogens is 311 g/mol. The zero-order chi connectivity index (χ0) is 16.1. The zero-order valence-electron chi connectivity index (χ0n) is 11.7. The van der Waals surface area contributed by atoms with Gasteiger partial charge >= 0.3 is 0 Å². The Hall–Kier alpha value is -2.34. The monoisotopic (exact) mass is 324 g/mol. The second kappa shape index (κ2) is 7.09. The fourth-order valence-corrected chi connectivity index (χ4v) is 2.04. The molecule has 0 spiro atoms. The van der Waals surface area contributed by atoms with Crippen LogP contribution in [0.5, 0.6) is 0 Å². The first kappa shape index (κ1) is 16.0. The molecule has 2 rings (SSSR count). The van der Waals surface area contributed by atoms with E-state index in [2.05, 4.69) is 10.6 Å². The van der Waals surface area contributed by atoms with Crippen molar-refractivity contribution in [3.05, 3.63) is 58.8 Å². The molecule has 0 aliphatic carbocycles. The third kappa shape index (κ3) is 3.85. The second-order valence-corrected chi connectivity index (χ2v) is 5.00. The third-order valence-electron chi connectivity index (χ3n) is 2.95. The van der Waals surface area contributed by atoms with Gasteiger partial charge in [-0.1, -0.05) is 17.7 Å². The highest BCUT2D eigenvalue weighted by Crippen LogP contribution is 2.18. The van der Waals surface area contributed by atoms with Crippen molar-refractivity contribution in [3.63, 3.8) is 0 Å². The van der Waals surface area contributed by atoms with Crippen LogP contribution in [0.4, 0.5) is 4.39 Å². The zero-order valence-corrected chi connectivity index (χ0v) is 12.5. The molecule has 0 bridgehead atoms. The first-order chi connectivity index (χ1) is 10.5. The summed E-state index contributed by atoms with van der Waals surface area (Å²) < 4.78 is 18.7. The molecule has 0 aliphatic rings. The smallest absolute Gasteiger partial charge is 0.256 e. The third-order valence-corrected chi connectivity index (χ3v) is 3.26. The highest BCUT2D eigenvalue weighted by molar-refractivity contribution is 6.33. The van der Waals surface area contributed by atoms with Crippen LogP contribution in [-0.2, 0) is 11.3 Å². The van der Waals surface area contributed by atoms with Crippen molar-refractivity contribution < 1.29 is 18.4 Å². The number of carbonyl (C=O) groups is 2. The largest absolute Gasteiger partial charge is 0.467 e. The predicted octanol–water partition coefficient (Wildman–Crippen LogP) is 2.51. The maximum Gasteiger partial charge on any atom is 0.256 e. The molecule has 1 heterocycles. The topological polar surface area (TPSA) is 71.3 Å². The van der Waals surface area contributed by atoms with Crippen molar-refractivity contribution in [1.29, 1.82) is 0 Å². The summed E-state index contributed by atoms with van der Waals surface area (Å²) in [5.74, 6) is -1.32. The Morgan fingerprint density at radius 3 is 2.73 bits per heavy atom. The van der Waals surface area contributed by atoms with Gasteiger partial charge in [0.2, 0.25) is 5.91 Å². The molecule has 2 N–H and O–H groups in total. The van der Waals surface area contributed by atoms with Crippen molar-refractivity contribution >= 4 is 23.4 Å². The van der Waals surface area contributed by atoms with Crippen LogP contribution < -0.4 is 10.6 Å². The molecule has 0 radical (unpaired) electrons. The summed E-state index contributed by atoms with van der Waals surface area (Å²) in [7, 11) is 0. The lowest BCUT2D eigenvalue weighted by Gasteiger charge is -2.14. The lowest BCUT2D eigenvalue weighted by Crippen LogP contribution is -2.44. The van der Waals surface area contributed by atoms with Gasteiger partial charge in [-0.2, -0.15) is 0 Å². The molecular formula is C15H14ClFN2O3. The molecule has 0 unspecified atom stereocenters. The summed E-state index contributed by atoms with van der Waals surface area (Å²) in [4.78, 5) is 23.9. The molecule has 0 saturated heterocycles. The number of nitrogens with one attached hydrogen (secondary N) is 2. The summed E-state index contributed by atoms with van der Waals surface area (Å²) >= 11 is 5.80. The number of amides is 2. The molecule has 1 aromatic carbocycles. The van der Waals surface area contributed by atoms with Gasteiger partial charge in [0.25, 0.3) is 5.91 Å². The van der Waals surface area contributed by atoms with Crippen LogP contribution in [0.3, 0.4) is 0 Å². The van der Waals surface area contributed by atoms with Gasteiger partial charge in [0.1, 0.15) is 17.6 Å². The number of benzene rings is 1. The Morgan fingerprint density at radius 2 is 2.09 bits per heavy atom. The maximum absolute atomic E-state index is 13.6. The van der Waals surface area contributed by atoms with Gasteiger partial charge < -0.3 is 15.1 Å². The van der Waals surface area contributed by atoms with E-state index in [1.807, 2.05) is 0 Å². The van der Waals surface area contributed by atoms with Gasteiger partial charge in [0, 0.05) is 0 Å². The molecule has 2 aromatic rings. The molecule has 22 heavy (non-hydrogen) atoms. The standard InChI is InChI=1S/C15H14ClFN2O3/c1-9(14(20)18-8-10-4-3-7-22-10)19-15(21)13-11(16)5-2-6-12(13)17/h2-7,9H,8H2,1H3,(H,18,20)(H,19,21)/t9-/m1/s1. The van der Waals surface area contributed by atoms with Gasteiger partial charge in [-0.15, -0.1) is 0 Å². The molecule has 2 amide bonds. The van der Waals surface area contributed by atoms with Crippen LogP contribution in [0.1, 0.15) is 23.0 Å². The average Bonchev–Trinajstić information content (AvgIpc) is 2.97. The summed E-state index contributed by atoms with van der Waals surface area (Å²) in [5, 5.41) is 4.99. The van der Waals surface area contributed by atoms with E-state index in [1.165, 1.54) is 25.3 Å². The fraction of sp³-hybridized carbons (Fsp3) is 0.200. The van der Waals surface area contributed by atoms with E-state index >= 15 is 0 Å². The molecule has 1 aromatic heterocycles. The first-order valence-electron chi connectivity index (χ1n) is 6.54. The minimum Gasteiger partial charge on any atom is -0.467 e. The average molecular weight is 325 g/mol. The number of halogens is 2. The van der Waals surface area contributed by atoms with Crippen LogP contribution in [0.25, 0.3) is 0 Å². The molecule has 116 valence electrons. The van der Waals surface area contributed by atoms with Gasteiger partial charge in [-0.25, -0.2) is 4.39 Å². The molecule has 5 nitrogen and oxygen atoms in total. The molecule has 1 atom stereocenters. The minimum atomic E-state index is -0.849. The van der Waals surface area contributed by atoms with E-state index in [1.54, 1.807) is 12.1 Å². The summed E-state index contributed by atoms with van der Waals surface area (Å²) in [6.07, 6.45) is 1.49. The van der Waals surface area contributed by atoms with E-state index in [9.17, 15) is 14.0 Å². The fourth-order valence-electron chi connectivity index (χ4n) is 1.79. The van der Waals surface area contributed by atoms with Crippen LogP contribution in [0, 0.1) is 5.82 Å². The number of carbonyl (C=O) groups excluding carboxylic acids is 2. The summed E-state index contributed by atoms with van der Waals surface area (Å²) in [6, 6.07) is 6.49. The number of rotatable bonds is 5. The number of hydrogen-bond acceptors (Lipinski definition) is 3. The van der Waals surface area contributed by atoms with Crippen molar-refractivity contribution in [3.8, 4) is 0 Å². The highest BCUT2D eigenvalue weighted by atomic mass is 35.5. The van der Waals surface area contributed by atoms with Crippen LogP contribution in [-0.4, -0.2) is 17.9 Å². The second-order valence-electron chi connectivity index (χ2n) is 4.59. The Morgan fingerprint density at radius 1 is 1.32 bits per heavy atom. The van der Waals surface area contributed by atoms with E-state index in [0.717, 1.165) is 6.07 Å². The molecule has 0 aliphatic heterocycles. The Kier molecular flexibility index (Phi) is 5.16. The van der Waals surface area contributed by atoms with E-state index in [4.69, 9.17) is 16.0 Å². The van der Waals surface area contributed by atoms with E-state index in [0.29, 0.717) is 5.76 Å². The van der Waals surface area contributed by atoms with Crippen molar-refractivity contribution in [2.75, 3.05) is 0 Å². The van der Waals surface area contributed by atoms with Crippen molar-refractivity contribution in [2.45, 2.75) is 19.5 Å². The molecule has 0 saturated carbocycles. The van der Waals surface area contributed by atoms with Crippen molar-refractivity contribution in [2.24, 2.45) is 0 Å². The lowest BCUT2D eigenvalue weighted by molar-refractivity contribution is -0.122. The first-order valence-corrected chi connectivity index (χ1v) is 6.92. The molecule has 0 fully saturated rings. The van der Waals surface area contributed by atoms with Crippen molar-refractivity contribution in [1.82, 2.24) is 10.6 Å². The molecule has 7 heteroatoms. The quantitative estimate of drug-likeness (QED) is 0.887. The Balaban J connectivity index is 1.94. The summed E-state index contributed by atoms with van der Waals surface area (Å²) in [5.41, 5.74) is -0.283. The Labute approximate surface area is 131 Å². The SMILES string of the molecule is C[C@@H](NC(=O)c1c(F)cccc1Cl)C(=O)NCc1ccco1. The highest BCUT2D eigenvalue weighted by Gasteiger charge is 2.20. The van der Waals surface area contributed by atoms with E-state index < -0.39 is 23.7 Å². The lowest BCUT2D eigenvalue weighted by atomic mass is 10.2. The van der Waals surface area contributed by atoms with Gasteiger partial charge in [0.05, 0.1) is 23.4 Å². The Bertz CT molecular complexity index is 653. The van der Waals surface area contributed by atoms with Gasteiger partial charge in [-0.3, -0.25) is 9.59 Å². The van der Waals surface area contributed by atoms with Crippen LogP contribution >= 0.6 is 11.6 Å². The van der Waals surface area contributed by atoms with Gasteiger partial charge in [-0.05, 0) is 31.2 Å². The minimum absolute atomic E-state index is 0.0132. The van der Waals surface area contributed by atoms with Crippen LogP contribution in [0.15, 0.2) is 41.0 Å². The maximum atomic E-state index is 13.6. The number of furan rings is 1.